The number of carbonyl (C=O) groups excluding carboxylic acids is 1. The van der Waals surface area contributed by atoms with Crippen LogP contribution in [0, 0.1) is 6.92 Å². The molecule has 4 heteroatoms. The number of hydrogen-bond donors (Lipinski definition) is 1. The van der Waals surface area contributed by atoms with E-state index in [1.807, 2.05) is 49.4 Å². The molecule has 1 amide bonds. The van der Waals surface area contributed by atoms with Gasteiger partial charge in [0.2, 0.25) is 0 Å². The molecule has 122 valence electrons. The summed E-state index contributed by atoms with van der Waals surface area (Å²) >= 11 is 0. The van der Waals surface area contributed by atoms with Crippen LogP contribution in [0.2, 0.25) is 0 Å². The zero-order valence-electron chi connectivity index (χ0n) is 14.1. The van der Waals surface area contributed by atoms with Gasteiger partial charge < -0.3 is 14.8 Å². The minimum Gasteiger partial charge on any atom is -0.495 e. The largest absolute Gasteiger partial charge is 0.495 e. The number of amides is 1. The number of methoxy groups -OCH3 is 1. The Labute approximate surface area is 137 Å². The van der Waals surface area contributed by atoms with Gasteiger partial charge in [0.05, 0.1) is 12.8 Å². The number of aryl methyl sites for hydroxylation is 2. The topological polar surface area (TPSA) is 47.6 Å². The summed E-state index contributed by atoms with van der Waals surface area (Å²) in [6.45, 7) is 5.76. The Morgan fingerprint density at radius 2 is 1.91 bits per heavy atom. The molecule has 0 aliphatic carbocycles. The number of nitrogens with one attached hydrogen (secondary N) is 1. The van der Waals surface area contributed by atoms with Crippen molar-refractivity contribution in [2.75, 3.05) is 12.4 Å². The van der Waals surface area contributed by atoms with Crippen LogP contribution < -0.4 is 14.8 Å². The van der Waals surface area contributed by atoms with Crippen LogP contribution in [0.1, 0.15) is 25.0 Å². The molecule has 1 N–H and O–H groups in total. The summed E-state index contributed by atoms with van der Waals surface area (Å²) < 4.78 is 11.1. The first kappa shape index (κ1) is 16.9. The molecule has 4 nitrogen and oxygen atoms in total. The Bertz CT molecular complexity index is 682. The first-order valence-electron chi connectivity index (χ1n) is 7.75. The third kappa shape index (κ3) is 4.25. The fourth-order valence-electron chi connectivity index (χ4n) is 2.31. The van der Waals surface area contributed by atoms with E-state index in [4.69, 9.17) is 9.47 Å². The van der Waals surface area contributed by atoms with Crippen LogP contribution in [0.15, 0.2) is 42.5 Å². The van der Waals surface area contributed by atoms with Crippen molar-refractivity contribution in [3.05, 3.63) is 53.6 Å². The number of benzene rings is 2. The molecule has 2 aromatic carbocycles. The van der Waals surface area contributed by atoms with Gasteiger partial charge in [-0.15, -0.1) is 0 Å². The maximum atomic E-state index is 12.4. The fraction of sp³-hybridized carbons (Fsp3) is 0.316. The van der Waals surface area contributed by atoms with Crippen molar-refractivity contribution in [3.63, 3.8) is 0 Å². The van der Waals surface area contributed by atoms with E-state index in [0.29, 0.717) is 11.4 Å². The van der Waals surface area contributed by atoms with Crippen molar-refractivity contribution >= 4 is 11.6 Å². The number of ether oxygens (including phenoxy) is 2. The SMILES string of the molecule is CCc1ccccc1O[C@H](C)C(=O)Nc1cc(C)ccc1OC. The van der Waals surface area contributed by atoms with E-state index in [1.54, 1.807) is 14.0 Å². The van der Waals surface area contributed by atoms with Crippen LogP contribution in [-0.2, 0) is 11.2 Å². The molecule has 0 bridgehead atoms. The van der Waals surface area contributed by atoms with Crippen molar-refractivity contribution in [1.82, 2.24) is 0 Å². The second-order valence-corrected chi connectivity index (χ2v) is 5.41. The quantitative estimate of drug-likeness (QED) is 0.877. The molecule has 0 heterocycles. The first-order valence-corrected chi connectivity index (χ1v) is 7.75. The molecule has 0 aliphatic heterocycles. The molecule has 2 aromatic rings. The van der Waals surface area contributed by atoms with Crippen LogP contribution in [0.25, 0.3) is 0 Å². The van der Waals surface area contributed by atoms with Gasteiger partial charge in [-0.25, -0.2) is 0 Å². The number of rotatable bonds is 6. The highest BCUT2D eigenvalue weighted by Gasteiger charge is 2.17. The number of anilines is 1. The normalized spacial score (nSPS) is 11.7. The van der Waals surface area contributed by atoms with E-state index in [9.17, 15) is 4.79 Å². The maximum absolute atomic E-state index is 12.4. The summed E-state index contributed by atoms with van der Waals surface area (Å²) in [6, 6.07) is 13.4. The predicted octanol–water partition coefficient (Wildman–Crippen LogP) is 3.97. The van der Waals surface area contributed by atoms with Crippen molar-refractivity contribution in [2.45, 2.75) is 33.3 Å². The van der Waals surface area contributed by atoms with E-state index in [-0.39, 0.29) is 5.91 Å². The third-order valence-electron chi connectivity index (χ3n) is 3.64. The Balaban J connectivity index is 2.10. The van der Waals surface area contributed by atoms with Gasteiger partial charge in [-0.3, -0.25) is 4.79 Å². The first-order chi connectivity index (χ1) is 11.0. The number of carbonyl (C=O) groups is 1. The molecule has 0 spiro atoms. The summed E-state index contributed by atoms with van der Waals surface area (Å²) in [7, 11) is 1.58. The lowest BCUT2D eigenvalue weighted by Crippen LogP contribution is -2.30. The van der Waals surface area contributed by atoms with Gasteiger partial charge in [-0.1, -0.05) is 31.2 Å². The average Bonchev–Trinajstić information content (AvgIpc) is 2.55. The predicted molar refractivity (Wildman–Crippen MR) is 92.3 cm³/mol. The minimum absolute atomic E-state index is 0.209. The molecule has 1 atom stereocenters. The maximum Gasteiger partial charge on any atom is 0.265 e. The lowest BCUT2D eigenvalue weighted by atomic mass is 10.1. The van der Waals surface area contributed by atoms with Crippen LogP contribution in [-0.4, -0.2) is 19.1 Å². The van der Waals surface area contributed by atoms with Crippen molar-refractivity contribution < 1.29 is 14.3 Å². The third-order valence-corrected chi connectivity index (χ3v) is 3.64. The summed E-state index contributed by atoms with van der Waals surface area (Å²) in [4.78, 5) is 12.4. The lowest BCUT2D eigenvalue weighted by Gasteiger charge is -2.18. The molecule has 0 unspecified atom stereocenters. The second kappa shape index (κ2) is 7.68. The Morgan fingerprint density at radius 1 is 1.17 bits per heavy atom. The van der Waals surface area contributed by atoms with Gasteiger partial charge in [0.25, 0.3) is 5.91 Å². The molecule has 0 radical (unpaired) electrons. The van der Waals surface area contributed by atoms with E-state index >= 15 is 0 Å². The van der Waals surface area contributed by atoms with Gasteiger partial charge in [0, 0.05) is 0 Å². The molecule has 0 saturated heterocycles. The van der Waals surface area contributed by atoms with Gasteiger partial charge in [-0.2, -0.15) is 0 Å². The van der Waals surface area contributed by atoms with Gasteiger partial charge >= 0.3 is 0 Å². The molecule has 0 saturated carbocycles. The summed E-state index contributed by atoms with van der Waals surface area (Å²) in [5, 5.41) is 2.87. The fourth-order valence-corrected chi connectivity index (χ4v) is 2.31. The van der Waals surface area contributed by atoms with Crippen LogP contribution in [0.4, 0.5) is 5.69 Å². The highest BCUT2D eigenvalue weighted by atomic mass is 16.5. The molecular formula is C19H23NO3. The van der Waals surface area contributed by atoms with Crippen molar-refractivity contribution in [1.29, 1.82) is 0 Å². The molecule has 0 aromatic heterocycles. The monoisotopic (exact) mass is 313 g/mol. The number of para-hydroxylation sites is 1. The van der Waals surface area contributed by atoms with E-state index in [1.165, 1.54) is 0 Å². The molecule has 0 fully saturated rings. The lowest BCUT2D eigenvalue weighted by molar-refractivity contribution is -0.122. The summed E-state index contributed by atoms with van der Waals surface area (Å²) in [5.74, 6) is 1.17. The Hall–Kier alpha value is -2.49. The van der Waals surface area contributed by atoms with E-state index in [2.05, 4.69) is 12.2 Å². The van der Waals surface area contributed by atoms with Gasteiger partial charge in [0.1, 0.15) is 11.5 Å². The number of hydrogen-bond acceptors (Lipinski definition) is 3. The average molecular weight is 313 g/mol. The van der Waals surface area contributed by atoms with Gasteiger partial charge in [-0.05, 0) is 49.6 Å². The zero-order valence-corrected chi connectivity index (χ0v) is 14.1. The minimum atomic E-state index is -0.604. The smallest absolute Gasteiger partial charge is 0.265 e. The van der Waals surface area contributed by atoms with Crippen molar-refractivity contribution in [3.8, 4) is 11.5 Å². The molecule has 23 heavy (non-hydrogen) atoms. The second-order valence-electron chi connectivity index (χ2n) is 5.41. The van der Waals surface area contributed by atoms with Crippen LogP contribution >= 0.6 is 0 Å². The van der Waals surface area contributed by atoms with Gasteiger partial charge in [0.15, 0.2) is 6.10 Å². The highest BCUT2D eigenvalue weighted by Crippen LogP contribution is 2.26. The molecule has 2 rings (SSSR count). The molecule has 0 aliphatic rings. The zero-order chi connectivity index (χ0) is 16.8. The van der Waals surface area contributed by atoms with E-state index < -0.39 is 6.10 Å². The standard InChI is InChI=1S/C19H23NO3/c1-5-15-8-6-7-9-17(15)23-14(3)19(21)20-16-12-13(2)10-11-18(16)22-4/h6-12,14H,5H2,1-4H3,(H,20,21)/t14-/m1/s1. The Morgan fingerprint density at radius 3 is 2.61 bits per heavy atom. The van der Waals surface area contributed by atoms with Crippen LogP contribution in [0.5, 0.6) is 11.5 Å². The highest BCUT2D eigenvalue weighted by molar-refractivity contribution is 5.95. The summed E-state index contributed by atoms with van der Waals surface area (Å²) in [6.07, 6.45) is 0.254. The van der Waals surface area contributed by atoms with E-state index in [0.717, 1.165) is 23.3 Å². The summed E-state index contributed by atoms with van der Waals surface area (Å²) in [5.41, 5.74) is 2.78. The Kier molecular flexibility index (Phi) is 5.63. The van der Waals surface area contributed by atoms with Crippen LogP contribution in [0.3, 0.4) is 0 Å². The molecular weight excluding hydrogens is 290 g/mol. The van der Waals surface area contributed by atoms with Crippen molar-refractivity contribution in [2.24, 2.45) is 0 Å².